The summed E-state index contributed by atoms with van der Waals surface area (Å²) in [5.74, 6) is 0.00118. The van der Waals surface area contributed by atoms with Crippen molar-refractivity contribution in [3.05, 3.63) is 65.0 Å². The Balaban J connectivity index is 2.08. The van der Waals surface area contributed by atoms with Crippen LogP contribution in [0.1, 0.15) is 54.2 Å². The van der Waals surface area contributed by atoms with Crippen LogP contribution in [0.15, 0.2) is 42.5 Å². The van der Waals surface area contributed by atoms with Gasteiger partial charge in [0, 0.05) is 5.56 Å². The molecule has 0 unspecified atom stereocenters. The van der Waals surface area contributed by atoms with Crippen LogP contribution in [0.3, 0.4) is 0 Å². The Morgan fingerprint density at radius 2 is 1.65 bits per heavy atom. The number of rotatable bonds is 5. The largest absolute Gasteiger partial charge is 0.494 e. The Morgan fingerprint density at radius 3 is 2.17 bits per heavy atom. The van der Waals surface area contributed by atoms with Crippen molar-refractivity contribution >= 4 is 5.91 Å². The van der Waals surface area contributed by atoms with E-state index in [2.05, 4.69) is 19.2 Å². The van der Waals surface area contributed by atoms with Gasteiger partial charge < -0.3 is 10.1 Å². The summed E-state index contributed by atoms with van der Waals surface area (Å²) >= 11 is 0. The van der Waals surface area contributed by atoms with Gasteiger partial charge in [-0.2, -0.15) is 0 Å². The van der Waals surface area contributed by atoms with Crippen LogP contribution in [-0.4, -0.2) is 13.0 Å². The van der Waals surface area contributed by atoms with Gasteiger partial charge in [0.25, 0.3) is 5.91 Å². The van der Waals surface area contributed by atoms with Crippen molar-refractivity contribution in [1.82, 2.24) is 5.32 Å². The molecule has 0 aliphatic carbocycles. The number of hydrogen-bond donors (Lipinski definition) is 1. The van der Waals surface area contributed by atoms with Crippen LogP contribution < -0.4 is 10.1 Å². The number of benzene rings is 2. The van der Waals surface area contributed by atoms with Gasteiger partial charge in [0.15, 0.2) is 11.6 Å². The summed E-state index contributed by atoms with van der Waals surface area (Å²) in [5.41, 5.74) is 2.47. The minimum absolute atomic E-state index is 0.177. The molecule has 4 heteroatoms. The number of halogens is 1. The number of hydrogen-bond acceptors (Lipinski definition) is 2. The first-order valence-electron chi connectivity index (χ1n) is 7.66. The fourth-order valence-electron chi connectivity index (χ4n) is 2.33. The van der Waals surface area contributed by atoms with Crippen LogP contribution in [0, 0.1) is 5.82 Å². The molecule has 1 atom stereocenters. The highest BCUT2D eigenvalue weighted by Gasteiger charge is 2.13. The molecule has 122 valence electrons. The van der Waals surface area contributed by atoms with Crippen molar-refractivity contribution in [2.75, 3.05) is 7.11 Å². The average Bonchev–Trinajstić information content (AvgIpc) is 2.54. The highest BCUT2D eigenvalue weighted by Crippen LogP contribution is 2.22. The second-order valence-electron chi connectivity index (χ2n) is 5.87. The lowest BCUT2D eigenvalue weighted by atomic mass is 10.0. The van der Waals surface area contributed by atoms with Gasteiger partial charge in [-0.1, -0.05) is 32.0 Å². The van der Waals surface area contributed by atoms with Gasteiger partial charge in [-0.25, -0.2) is 4.39 Å². The highest BCUT2D eigenvalue weighted by molar-refractivity contribution is 5.94. The van der Waals surface area contributed by atoms with Gasteiger partial charge in [0.2, 0.25) is 0 Å². The summed E-state index contributed by atoms with van der Waals surface area (Å²) in [7, 11) is 1.42. The van der Waals surface area contributed by atoms with E-state index < -0.39 is 5.82 Å². The fourth-order valence-corrected chi connectivity index (χ4v) is 2.33. The zero-order valence-electron chi connectivity index (χ0n) is 13.9. The van der Waals surface area contributed by atoms with E-state index in [1.54, 1.807) is 12.1 Å². The maximum atomic E-state index is 13.8. The van der Waals surface area contributed by atoms with Gasteiger partial charge in [-0.15, -0.1) is 0 Å². The molecule has 0 aliphatic heterocycles. The normalized spacial score (nSPS) is 12.1. The van der Waals surface area contributed by atoms with Gasteiger partial charge in [0.1, 0.15) is 0 Å². The summed E-state index contributed by atoms with van der Waals surface area (Å²) in [4.78, 5) is 12.3. The molecule has 0 fully saturated rings. The second kappa shape index (κ2) is 7.27. The number of ether oxygens (including phenoxy) is 1. The minimum atomic E-state index is -0.438. The van der Waals surface area contributed by atoms with Crippen molar-refractivity contribution in [3.8, 4) is 5.75 Å². The Kier molecular flexibility index (Phi) is 5.37. The van der Waals surface area contributed by atoms with E-state index in [9.17, 15) is 9.18 Å². The molecule has 23 heavy (non-hydrogen) atoms. The van der Waals surface area contributed by atoms with E-state index in [1.165, 1.54) is 18.7 Å². The Labute approximate surface area is 136 Å². The molecule has 0 spiro atoms. The third-order valence-corrected chi connectivity index (χ3v) is 3.86. The van der Waals surface area contributed by atoms with Crippen molar-refractivity contribution in [3.63, 3.8) is 0 Å². The lowest BCUT2D eigenvalue weighted by molar-refractivity contribution is 0.0940. The lowest BCUT2D eigenvalue weighted by Gasteiger charge is -2.15. The molecular weight excluding hydrogens is 293 g/mol. The molecule has 3 nitrogen and oxygen atoms in total. The molecule has 1 N–H and O–H groups in total. The summed E-state index contributed by atoms with van der Waals surface area (Å²) in [6, 6.07) is 11.9. The quantitative estimate of drug-likeness (QED) is 0.885. The van der Waals surface area contributed by atoms with E-state index in [0.717, 1.165) is 0 Å². The molecule has 0 saturated carbocycles. The van der Waals surface area contributed by atoms with Crippen molar-refractivity contribution in [1.29, 1.82) is 0 Å². The molecule has 2 aromatic rings. The molecule has 0 aliphatic rings. The molecular formula is C19H22FNO2. The van der Waals surface area contributed by atoms with Crippen molar-refractivity contribution in [2.24, 2.45) is 0 Å². The summed E-state index contributed by atoms with van der Waals surface area (Å²) in [5, 5.41) is 2.88. The third kappa shape index (κ3) is 4.09. The highest BCUT2D eigenvalue weighted by atomic mass is 19.1. The van der Waals surface area contributed by atoms with E-state index >= 15 is 0 Å². The number of carbonyl (C=O) groups is 1. The van der Waals surface area contributed by atoms with Crippen LogP contribution in [-0.2, 0) is 0 Å². The van der Waals surface area contributed by atoms with E-state index in [0.29, 0.717) is 17.0 Å². The summed E-state index contributed by atoms with van der Waals surface area (Å²) < 4.78 is 18.7. The molecule has 0 heterocycles. The molecule has 2 rings (SSSR count). The fraction of sp³-hybridized carbons (Fsp3) is 0.316. The third-order valence-electron chi connectivity index (χ3n) is 3.86. The van der Waals surface area contributed by atoms with Gasteiger partial charge >= 0.3 is 0 Å². The predicted molar refractivity (Wildman–Crippen MR) is 89.4 cm³/mol. The smallest absolute Gasteiger partial charge is 0.251 e. The Hall–Kier alpha value is -2.36. The first-order valence-corrected chi connectivity index (χ1v) is 7.66. The maximum Gasteiger partial charge on any atom is 0.251 e. The lowest BCUT2D eigenvalue weighted by Crippen LogP contribution is -2.26. The zero-order valence-corrected chi connectivity index (χ0v) is 13.9. The zero-order chi connectivity index (χ0) is 17.0. The van der Waals surface area contributed by atoms with Crippen molar-refractivity contribution in [2.45, 2.75) is 32.7 Å². The van der Waals surface area contributed by atoms with Crippen LogP contribution in [0.4, 0.5) is 4.39 Å². The first kappa shape index (κ1) is 17.0. The van der Waals surface area contributed by atoms with E-state index in [4.69, 9.17) is 4.74 Å². The van der Waals surface area contributed by atoms with Crippen LogP contribution in [0.2, 0.25) is 0 Å². The minimum Gasteiger partial charge on any atom is -0.494 e. The molecule has 0 saturated heterocycles. The van der Waals surface area contributed by atoms with E-state index in [1.807, 2.05) is 31.2 Å². The van der Waals surface area contributed by atoms with Gasteiger partial charge in [-0.3, -0.25) is 4.79 Å². The molecule has 2 aromatic carbocycles. The molecule has 0 radical (unpaired) electrons. The van der Waals surface area contributed by atoms with Crippen LogP contribution >= 0.6 is 0 Å². The van der Waals surface area contributed by atoms with Crippen LogP contribution in [0.5, 0.6) is 5.75 Å². The van der Waals surface area contributed by atoms with E-state index in [-0.39, 0.29) is 17.7 Å². The Bertz CT molecular complexity index is 680. The number of nitrogens with one attached hydrogen (secondary N) is 1. The topological polar surface area (TPSA) is 38.3 Å². The number of methoxy groups -OCH3 is 1. The molecule has 0 bridgehead atoms. The number of carbonyl (C=O) groups excluding carboxylic acids is 1. The summed E-state index contributed by atoms with van der Waals surface area (Å²) in [6.07, 6.45) is 0. The van der Waals surface area contributed by atoms with Gasteiger partial charge in [-0.05, 0) is 48.2 Å². The Morgan fingerprint density at radius 1 is 1.04 bits per heavy atom. The predicted octanol–water partition coefficient (Wildman–Crippen LogP) is 4.45. The molecule has 1 amide bonds. The van der Waals surface area contributed by atoms with Gasteiger partial charge in [0.05, 0.1) is 13.2 Å². The van der Waals surface area contributed by atoms with Crippen molar-refractivity contribution < 1.29 is 13.9 Å². The standard InChI is InChI=1S/C19H22FNO2/c1-12(2)14-5-7-15(8-6-14)19(22)21-13(3)16-9-10-18(23-4)17(20)11-16/h5-13H,1-4H3,(H,21,22)/t13-/m1/s1. The summed E-state index contributed by atoms with van der Waals surface area (Å²) in [6.45, 7) is 6.03. The maximum absolute atomic E-state index is 13.8. The SMILES string of the molecule is COc1ccc([C@@H](C)NC(=O)c2ccc(C(C)C)cc2)cc1F. The average molecular weight is 315 g/mol. The molecule has 0 aromatic heterocycles. The second-order valence-corrected chi connectivity index (χ2v) is 5.87. The first-order chi connectivity index (χ1) is 10.9. The van der Waals surface area contributed by atoms with Crippen LogP contribution in [0.25, 0.3) is 0 Å². The monoisotopic (exact) mass is 315 g/mol. The number of amides is 1.